The Morgan fingerprint density at radius 1 is 1.20 bits per heavy atom. The third-order valence-electron chi connectivity index (χ3n) is 3.83. The smallest absolute Gasteiger partial charge is 0.257 e. The molecule has 0 aliphatic carbocycles. The first kappa shape index (κ1) is 17.0. The summed E-state index contributed by atoms with van der Waals surface area (Å²) in [6, 6.07) is 13.8. The Labute approximate surface area is 150 Å². The van der Waals surface area contributed by atoms with Gasteiger partial charge in [0.15, 0.2) is 5.11 Å². The molecule has 0 amide bonds. The number of nitrogens with zero attached hydrogens (tertiary/aromatic N) is 1. The van der Waals surface area contributed by atoms with Crippen molar-refractivity contribution >= 4 is 33.9 Å². The molecule has 3 rings (SSSR count). The molecule has 0 spiro atoms. The summed E-state index contributed by atoms with van der Waals surface area (Å²) < 4.78 is 6.79. The van der Waals surface area contributed by atoms with Crippen LogP contribution in [0.4, 0.5) is 5.69 Å². The zero-order valence-corrected chi connectivity index (χ0v) is 14.8. The van der Waals surface area contributed by atoms with Crippen molar-refractivity contribution in [2.45, 2.75) is 13.8 Å². The van der Waals surface area contributed by atoms with Crippen LogP contribution >= 0.6 is 12.2 Å². The van der Waals surface area contributed by atoms with Crippen molar-refractivity contribution in [3.63, 3.8) is 0 Å². The van der Waals surface area contributed by atoms with E-state index in [1.54, 1.807) is 12.1 Å². The third-order valence-corrected chi connectivity index (χ3v) is 4.11. The second-order valence-electron chi connectivity index (χ2n) is 5.59. The number of hydrogen-bond donors (Lipinski definition) is 2. The molecule has 3 aromatic rings. The highest BCUT2D eigenvalue weighted by molar-refractivity contribution is 7.80. The number of nitrogens with one attached hydrogen (secondary N) is 1. The highest BCUT2D eigenvalue weighted by atomic mass is 32.1. The summed E-state index contributed by atoms with van der Waals surface area (Å²) in [5.74, 6) is 0.844. The average Bonchev–Trinajstić information content (AvgIpc) is 2.56. The zero-order chi connectivity index (χ0) is 18.0. The van der Waals surface area contributed by atoms with Crippen molar-refractivity contribution in [1.82, 2.24) is 4.57 Å². The third kappa shape index (κ3) is 3.49. The van der Waals surface area contributed by atoms with Crippen LogP contribution in [0.25, 0.3) is 10.9 Å². The Kier molecular flexibility index (Phi) is 4.72. The Morgan fingerprint density at radius 3 is 2.60 bits per heavy atom. The molecule has 128 valence electrons. The monoisotopic (exact) mass is 354 g/mol. The number of ether oxygens (including phenoxy) is 1. The molecule has 5 nitrogen and oxygen atoms in total. The molecule has 0 aliphatic heterocycles. The van der Waals surface area contributed by atoms with E-state index in [9.17, 15) is 9.90 Å². The Hall–Kier alpha value is -2.86. The SMILES string of the molecule is CCOc1ccc(NC(=S)n2c(=O)cc(C)c3ccc(O)cc32)cc1. The first-order valence-corrected chi connectivity index (χ1v) is 8.30. The number of fused-ring (bicyclic) bond motifs is 1. The van der Waals surface area contributed by atoms with Crippen LogP contribution in [0, 0.1) is 6.92 Å². The predicted molar refractivity (Wildman–Crippen MR) is 104 cm³/mol. The van der Waals surface area contributed by atoms with Gasteiger partial charge in [-0.2, -0.15) is 0 Å². The fourth-order valence-electron chi connectivity index (χ4n) is 2.67. The van der Waals surface area contributed by atoms with Gasteiger partial charge in [-0.1, -0.05) is 0 Å². The van der Waals surface area contributed by atoms with Crippen molar-refractivity contribution < 1.29 is 9.84 Å². The molecule has 0 unspecified atom stereocenters. The maximum atomic E-state index is 12.5. The summed E-state index contributed by atoms with van der Waals surface area (Å²) in [4.78, 5) is 12.5. The van der Waals surface area contributed by atoms with Gasteiger partial charge in [-0.3, -0.25) is 9.36 Å². The zero-order valence-electron chi connectivity index (χ0n) is 13.9. The molecule has 0 radical (unpaired) electrons. The van der Waals surface area contributed by atoms with Gasteiger partial charge < -0.3 is 15.2 Å². The van der Waals surface area contributed by atoms with E-state index in [2.05, 4.69) is 5.32 Å². The largest absolute Gasteiger partial charge is 0.508 e. The summed E-state index contributed by atoms with van der Waals surface area (Å²) in [7, 11) is 0. The van der Waals surface area contributed by atoms with Gasteiger partial charge in [-0.25, -0.2) is 0 Å². The summed E-state index contributed by atoms with van der Waals surface area (Å²) >= 11 is 5.43. The summed E-state index contributed by atoms with van der Waals surface area (Å²) in [5.41, 5.74) is 1.89. The summed E-state index contributed by atoms with van der Waals surface area (Å²) in [6.45, 7) is 4.37. The minimum Gasteiger partial charge on any atom is -0.508 e. The highest BCUT2D eigenvalue weighted by Gasteiger charge is 2.11. The number of aromatic hydroxyl groups is 1. The molecule has 0 fully saturated rings. The van der Waals surface area contributed by atoms with Gasteiger partial charge in [0.25, 0.3) is 5.56 Å². The van der Waals surface area contributed by atoms with Gasteiger partial charge >= 0.3 is 0 Å². The number of aryl methyl sites for hydroxylation is 1. The lowest BCUT2D eigenvalue weighted by Gasteiger charge is -2.15. The summed E-state index contributed by atoms with van der Waals surface area (Å²) in [5, 5.41) is 13.9. The van der Waals surface area contributed by atoms with Gasteiger partial charge in [0.05, 0.1) is 12.1 Å². The molecule has 0 bridgehead atoms. The first-order valence-electron chi connectivity index (χ1n) is 7.89. The molecule has 0 saturated carbocycles. The van der Waals surface area contributed by atoms with E-state index in [1.807, 2.05) is 38.1 Å². The summed E-state index contributed by atoms with van der Waals surface area (Å²) in [6.07, 6.45) is 0. The molecule has 6 heteroatoms. The second-order valence-corrected chi connectivity index (χ2v) is 5.98. The molecule has 2 N–H and O–H groups in total. The van der Waals surface area contributed by atoms with Gasteiger partial charge in [0, 0.05) is 23.2 Å². The minimum atomic E-state index is -0.251. The van der Waals surface area contributed by atoms with Gasteiger partial charge in [-0.05, 0) is 68.0 Å². The quantitative estimate of drug-likeness (QED) is 0.703. The van der Waals surface area contributed by atoms with E-state index in [1.165, 1.54) is 16.7 Å². The van der Waals surface area contributed by atoms with E-state index in [0.717, 1.165) is 22.4 Å². The maximum absolute atomic E-state index is 12.5. The molecule has 0 atom stereocenters. The lowest BCUT2D eigenvalue weighted by molar-refractivity contribution is 0.340. The molecule has 2 aromatic carbocycles. The molecule has 1 aromatic heterocycles. The molecule has 0 aliphatic rings. The highest BCUT2D eigenvalue weighted by Crippen LogP contribution is 2.22. The predicted octanol–water partition coefficient (Wildman–Crippen LogP) is 3.66. The van der Waals surface area contributed by atoms with Crippen molar-refractivity contribution in [1.29, 1.82) is 0 Å². The lowest BCUT2D eigenvalue weighted by Crippen LogP contribution is -2.31. The molecule has 0 saturated heterocycles. The number of pyridine rings is 1. The van der Waals surface area contributed by atoms with Crippen LogP contribution < -0.4 is 15.6 Å². The van der Waals surface area contributed by atoms with Crippen LogP contribution in [0.5, 0.6) is 11.5 Å². The first-order chi connectivity index (χ1) is 12.0. The number of anilines is 1. The van der Waals surface area contributed by atoms with E-state index >= 15 is 0 Å². The van der Waals surface area contributed by atoms with E-state index in [0.29, 0.717) is 12.1 Å². The van der Waals surface area contributed by atoms with Crippen molar-refractivity contribution in [2.75, 3.05) is 11.9 Å². The lowest BCUT2D eigenvalue weighted by atomic mass is 10.1. The second kappa shape index (κ2) is 6.94. The number of aromatic nitrogens is 1. The van der Waals surface area contributed by atoms with Gasteiger partial charge in [0.1, 0.15) is 11.5 Å². The standard InChI is InChI=1S/C19H18N2O3S/c1-3-24-15-7-4-13(5-8-15)20-19(25)21-17-11-14(22)6-9-16(17)12(2)10-18(21)23/h4-11,22H,3H2,1-2H3,(H,20,25). The maximum Gasteiger partial charge on any atom is 0.257 e. The average molecular weight is 354 g/mol. The van der Waals surface area contributed by atoms with Crippen LogP contribution in [0.1, 0.15) is 12.5 Å². The normalized spacial score (nSPS) is 10.6. The van der Waals surface area contributed by atoms with Gasteiger partial charge in [0.2, 0.25) is 0 Å². The Bertz CT molecular complexity index is 994. The number of phenolic OH excluding ortho intramolecular Hbond substituents is 1. The Balaban J connectivity index is 1.99. The topological polar surface area (TPSA) is 63.5 Å². The molecular formula is C19H18N2O3S. The van der Waals surface area contributed by atoms with E-state index in [-0.39, 0.29) is 16.4 Å². The number of phenols is 1. The van der Waals surface area contributed by atoms with Crippen LogP contribution in [-0.2, 0) is 0 Å². The van der Waals surface area contributed by atoms with Crippen molar-refractivity contribution in [2.24, 2.45) is 0 Å². The number of rotatable bonds is 3. The molecular weight excluding hydrogens is 336 g/mol. The van der Waals surface area contributed by atoms with E-state index in [4.69, 9.17) is 17.0 Å². The fourth-order valence-corrected chi connectivity index (χ4v) is 2.98. The fraction of sp³-hybridized carbons (Fsp3) is 0.158. The van der Waals surface area contributed by atoms with E-state index < -0.39 is 0 Å². The van der Waals surface area contributed by atoms with Crippen LogP contribution in [-0.4, -0.2) is 21.4 Å². The number of hydrogen-bond acceptors (Lipinski definition) is 4. The van der Waals surface area contributed by atoms with Crippen LogP contribution in [0.3, 0.4) is 0 Å². The number of thiocarbonyl (C=S) groups is 1. The minimum absolute atomic E-state index is 0.0788. The number of benzene rings is 2. The Morgan fingerprint density at radius 2 is 1.92 bits per heavy atom. The van der Waals surface area contributed by atoms with Crippen molar-refractivity contribution in [3.05, 3.63) is 64.4 Å². The van der Waals surface area contributed by atoms with Crippen LogP contribution in [0.15, 0.2) is 53.3 Å². The molecule has 25 heavy (non-hydrogen) atoms. The van der Waals surface area contributed by atoms with Crippen LogP contribution in [0.2, 0.25) is 0 Å². The van der Waals surface area contributed by atoms with Crippen molar-refractivity contribution in [3.8, 4) is 11.5 Å². The molecule has 1 heterocycles. The van der Waals surface area contributed by atoms with Gasteiger partial charge in [-0.15, -0.1) is 0 Å².